The summed E-state index contributed by atoms with van der Waals surface area (Å²) in [5.41, 5.74) is 23.6. The normalized spacial score (nSPS) is 15.3. The number of nitrogens with zero attached hydrogens (tertiary/aromatic N) is 4. The number of carbonyl (C=O) groups is 4. The van der Waals surface area contributed by atoms with Crippen molar-refractivity contribution in [2.45, 2.75) is 267 Å². The van der Waals surface area contributed by atoms with Crippen molar-refractivity contribution in [2.75, 3.05) is 27.1 Å². The summed E-state index contributed by atoms with van der Waals surface area (Å²) in [6.07, 6.45) is 14.7. The van der Waals surface area contributed by atoms with Gasteiger partial charge in [-0.1, -0.05) is 68.3 Å². The van der Waals surface area contributed by atoms with Gasteiger partial charge in [-0.25, -0.2) is 39.1 Å². The number of aryl methyl sites for hydroxylation is 13. The van der Waals surface area contributed by atoms with Gasteiger partial charge in [-0.05, 0) is 301 Å². The first-order valence-electron chi connectivity index (χ1n) is 40.6. The monoisotopic (exact) mass is 1790 g/mol. The lowest BCUT2D eigenvalue weighted by atomic mass is 9.88. The number of fused-ring (bicyclic) bond motifs is 12. The average molecular weight is 1790 g/mol. The van der Waals surface area contributed by atoms with Gasteiger partial charge in [0.2, 0.25) is 0 Å². The number of rotatable bonds is 15. The van der Waals surface area contributed by atoms with E-state index >= 15 is 0 Å². The zero-order valence-corrected chi connectivity index (χ0v) is 77.7. The number of carbonyl (C=O) groups excluding carboxylic acids is 3. The van der Waals surface area contributed by atoms with Crippen LogP contribution in [0, 0.1) is 34.6 Å². The van der Waals surface area contributed by atoms with Crippen LogP contribution in [0.5, 0.6) is 0 Å². The number of carboxylic acids is 1. The van der Waals surface area contributed by atoms with Crippen LogP contribution in [0.4, 0.5) is 5.69 Å². The number of halogens is 2. The molecule has 622 valence electrons. The Balaban J connectivity index is 0.000000144. The van der Waals surface area contributed by atoms with Gasteiger partial charge < -0.3 is 44.0 Å². The minimum Gasteiger partial charge on any atom is -0.479 e. The number of carboxylic acid groups (broad SMARTS) is 1. The fourth-order valence-corrected chi connectivity index (χ4v) is 22.5. The van der Waals surface area contributed by atoms with Crippen LogP contribution >= 0.6 is 77.2 Å². The van der Waals surface area contributed by atoms with Gasteiger partial charge in [0.1, 0.15) is 19.3 Å². The third kappa shape index (κ3) is 20.0. The molecule has 0 aliphatic heterocycles. The lowest BCUT2D eigenvalue weighted by Crippen LogP contribution is -2.29. The van der Waals surface area contributed by atoms with Gasteiger partial charge in [-0.3, -0.25) is 0 Å². The van der Waals surface area contributed by atoms with Crippen molar-refractivity contribution in [1.29, 1.82) is 0 Å². The maximum absolute atomic E-state index is 13.0. The second kappa shape index (κ2) is 36.5. The van der Waals surface area contributed by atoms with Crippen LogP contribution in [0.25, 0.3) is 74.2 Å². The number of ether oxygens (including phenoxy) is 7. The van der Waals surface area contributed by atoms with Crippen molar-refractivity contribution in [2.24, 2.45) is 0 Å². The SMILES string of the molecule is COC(=O)[C@@H](OC(C)(C)C)c1c(C)nc2sc3c(c2c1-c1ccc(Br)cc1)CCCC3.COC(=O)[C@@H](OC(C)(C)C)c1c(C)nc2sc3c(c2c1-c1ccc(N)cc1)CCCC3.COC(=O)[C@@H](OC(C)(C)C)c1c(C)nc2sc3c(c2c1C)CCCC3.Cc1nc2sc3c(c2c(-c2ccc(Br)cc2)c1[C@H](OC(C)(C)C)C(=O)O)CCCC3. The molecule has 0 saturated heterocycles. The summed E-state index contributed by atoms with van der Waals surface area (Å²) in [7, 11) is 4.22. The molecule has 8 heterocycles. The van der Waals surface area contributed by atoms with Gasteiger partial charge in [-0.15, -0.1) is 45.3 Å². The third-order valence-corrected chi connectivity index (χ3v) is 27.3. The van der Waals surface area contributed by atoms with Crippen LogP contribution in [0.1, 0.15) is 251 Å². The summed E-state index contributed by atoms with van der Waals surface area (Å²) in [5, 5.41) is 14.8. The van der Waals surface area contributed by atoms with E-state index in [-0.39, 0.29) is 5.97 Å². The highest BCUT2D eigenvalue weighted by Crippen LogP contribution is 2.51. The molecule has 117 heavy (non-hydrogen) atoms. The number of pyridine rings is 4. The Bertz CT molecular complexity index is 5360. The lowest BCUT2D eigenvalue weighted by molar-refractivity contribution is -0.164. The quantitative estimate of drug-likeness (QED) is 0.0552. The average Bonchev–Trinajstić information content (AvgIpc) is 1.63. The van der Waals surface area contributed by atoms with E-state index in [9.17, 15) is 24.3 Å². The molecule has 4 aliphatic rings. The molecule has 0 spiro atoms. The molecular formula is C94H111Br2N5O12S4. The molecule has 0 radical (unpaired) electrons. The first kappa shape index (κ1) is 88.9. The van der Waals surface area contributed by atoms with E-state index in [1.54, 1.807) is 34.0 Å². The van der Waals surface area contributed by atoms with Gasteiger partial charge >= 0.3 is 23.9 Å². The molecule has 3 N–H and O–H groups in total. The third-order valence-electron chi connectivity index (χ3n) is 21.5. The summed E-state index contributed by atoms with van der Waals surface area (Å²) >= 11 is 14.2. The number of methoxy groups -OCH3 is 3. The number of nitrogens with two attached hydrogens (primary N) is 1. The van der Waals surface area contributed by atoms with Crippen LogP contribution in [0.15, 0.2) is 81.7 Å². The first-order valence-corrected chi connectivity index (χ1v) is 45.4. The highest BCUT2D eigenvalue weighted by molar-refractivity contribution is 9.10. The number of thiophene rings is 4. The van der Waals surface area contributed by atoms with E-state index in [1.165, 1.54) is 119 Å². The maximum atomic E-state index is 13.0. The summed E-state index contributed by atoms with van der Waals surface area (Å²) in [6.45, 7) is 33.1. The molecular weight excluding hydrogens is 1680 g/mol. The smallest absolute Gasteiger partial charge is 0.339 e. The highest BCUT2D eigenvalue weighted by Gasteiger charge is 2.40. The minimum absolute atomic E-state index is 0.369. The van der Waals surface area contributed by atoms with Crippen molar-refractivity contribution < 1.29 is 57.4 Å². The van der Waals surface area contributed by atoms with E-state index in [1.807, 2.05) is 183 Å². The Morgan fingerprint density at radius 3 is 0.889 bits per heavy atom. The molecule has 4 atom stereocenters. The minimum atomic E-state index is -1.08. The van der Waals surface area contributed by atoms with Crippen LogP contribution in [-0.2, 0) is 104 Å². The zero-order valence-electron chi connectivity index (χ0n) is 71.2. The van der Waals surface area contributed by atoms with Gasteiger partial charge in [0.25, 0.3) is 0 Å². The molecule has 0 fully saturated rings. The highest BCUT2D eigenvalue weighted by atomic mass is 79.9. The molecule has 11 aromatic rings. The summed E-state index contributed by atoms with van der Waals surface area (Å²) in [4.78, 5) is 80.3. The number of aromatic nitrogens is 4. The standard InChI is InChI=1S/C25H28BrNO3S.C25H30N2O3S.C24H26BrNO3S.C20H27NO3S/c2*1-14-19(22(24(28)29-5)30-25(2,3)4)20(15-10-12-16(26)13-11-15)21-17-8-6-7-9-18(17)31-23(21)27-14;1-13-18(21(23(27)28)29-24(2,3)4)19(14-9-11-15(25)12-10-14)20-16-7-5-6-8-17(16)30-22(20)26-13;1-11-15(17(19(22)23-6)24-20(3,4)5)12(2)21-18-16(11)13-9-7-8-10-14(13)25-18/h10-13,22H,6-9H2,1-5H3;10-13,22H,6-9,26H2,1-5H3;9-12,21H,5-8H2,1-4H3,(H,27,28);17H,7-10H2,1-6H3/t2*22-;21-;17-/m0000/s1. The summed E-state index contributed by atoms with van der Waals surface area (Å²) < 4.78 is 42.1. The Morgan fingerprint density at radius 2 is 0.607 bits per heavy atom. The number of hydrogen-bond acceptors (Lipinski definition) is 20. The van der Waals surface area contributed by atoms with Crippen LogP contribution in [0.2, 0.25) is 0 Å². The molecule has 8 aromatic heterocycles. The maximum Gasteiger partial charge on any atom is 0.339 e. The van der Waals surface area contributed by atoms with Crippen LogP contribution in [0.3, 0.4) is 0 Å². The molecule has 0 bridgehead atoms. The number of benzene rings is 3. The van der Waals surface area contributed by atoms with E-state index in [4.69, 9.17) is 58.8 Å². The van der Waals surface area contributed by atoms with Gasteiger partial charge in [0.15, 0.2) is 24.4 Å². The van der Waals surface area contributed by atoms with E-state index in [0.29, 0.717) is 11.3 Å². The van der Waals surface area contributed by atoms with Gasteiger partial charge in [0.05, 0.1) is 43.7 Å². The fraction of sp³-hybridized carbons (Fsp3) is 0.468. The largest absolute Gasteiger partial charge is 0.479 e. The topological polar surface area (TPSA) is 231 Å². The van der Waals surface area contributed by atoms with Crippen molar-refractivity contribution in [3.8, 4) is 33.4 Å². The molecule has 4 aliphatic carbocycles. The Hall–Kier alpha value is -7.42. The van der Waals surface area contributed by atoms with E-state index in [0.717, 1.165) is 175 Å². The number of esters is 3. The van der Waals surface area contributed by atoms with Crippen molar-refractivity contribution in [1.82, 2.24) is 19.9 Å². The van der Waals surface area contributed by atoms with E-state index in [2.05, 4.69) is 50.9 Å². The number of nitrogen functional groups attached to an aromatic ring is 1. The van der Waals surface area contributed by atoms with Gasteiger partial charge in [0, 0.05) is 117 Å². The Labute approximate surface area is 721 Å². The molecule has 0 saturated carbocycles. The second-order valence-corrected chi connectivity index (χ2v) is 40.9. The number of hydrogen-bond donors (Lipinski definition) is 2. The molecule has 0 amide bonds. The summed E-state index contributed by atoms with van der Waals surface area (Å²) in [6, 6.07) is 24.2. The molecule has 23 heteroatoms. The Kier molecular flexibility index (Phi) is 27.7. The predicted octanol–water partition coefficient (Wildman–Crippen LogP) is 24.4. The van der Waals surface area contributed by atoms with Crippen LogP contribution < -0.4 is 5.73 Å². The predicted molar refractivity (Wildman–Crippen MR) is 483 cm³/mol. The second-order valence-electron chi connectivity index (χ2n) is 34.7. The fourth-order valence-electron chi connectivity index (χ4n) is 16.7. The first-order chi connectivity index (χ1) is 55.3. The zero-order chi connectivity index (χ0) is 84.7. The van der Waals surface area contributed by atoms with Gasteiger partial charge in [-0.2, -0.15) is 0 Å². The number of anilines is 1. The van der Waals surface area contributed by atoms with E-state index < -0.39 is 64.7 Å². The van der Waals surface area contributed by atoms with Crippen molar-refractivity contribution in [3.05, 3.63) is 174 Å². The van der Waals surface area contributed by atoms with Crippen molar-refractivity contribution >= 4 is 148 Å². The van der Waals surface area contributed by atoms with Crippen LogP contribution in [-0.4, -0.2) is 92.7 Å². The lowest BCUT2D eigenvalue weighted by Gasteiger charge is -2.29. The molecule has 17 nitrogen and oxygen atoms in total. The number of aliphatic carboxylic acids is 1. The molecule has 3 aromatic carbocycles. The molecule has 0 unspecified atom stereocenters. The summed E-state index contributed by atoms with van der Waals surface area (Å²) in [5.74, 6) is -2.18. The van der Waals surface area contributed by atoms with Crippen molar-refractivity contribution in [3.63, 3.8) is 0 Å². The molecule has 15 rings (SSSR count). The Morgan fingerprint density at radius 1 is 0.368 bits per heavy atom.